The molecule has 2 aromatic heterocycles. The minimum absolute atomic E-state index is 0.0224. The maximum absolute atomic E-state index is 13.2. The van der Waals surface area contributed by atoms with Crippen LogP contribution in [0.1, 0.15) is 37.7 Å². The molecule has 0 aliphatic carbocycles. The molecule has 2 aliphatic heterocycles. The summed E-state index contributed by atoms with van der Waals surface area (Å²) in [5.74, 6) is 0.0285. The van der Waals surface area contributed by atoms with Crippen molar-refractivity contribution >= 4 is 23.4 Å². The molecule has 2 aliphatic rings. The van der Waals surface area contributed by atoms with Crippen molar-refractivity contribution < 1.29 is 9.53 Å². The molecule has 4 rings (SSSR count). The molecule has 30 heavy (non-hydrogen) atoms. The van der Waals surface area contributed by atoms with E-state index in [-0.39, 0.29) is 22.8 Å². The van der Waals surface area contributed by atoms with Gasteiger partial charge in [-0.15, -0.1) is 0 Å². The number of aromatic nitrogens is 2. The van der Waals surface area contributed by atoms with Gasteiger partial charge in [0.1, 0.15) is 23.1 Å². The lowest BCUT2D eigenvalue weighted by molar-refractivity contribution is -0.117. The van der Waals surface area contributed by atoms with Crippen molar-refractivity contribution in [3.63, 3.8) is 0 Å². The van der Waals surface area contributed by atoms with Gasteiger partial charge in [0.25, 0.3) is 11.5 Å². The van der Waals surface area contributed by atoms with Crippen LogP contribution in [0.3, 0.4) is 0 Å². The average Bonchev–Trinajstić information content (AvgIpc) is 3.31. The molecule has 8 nitrogen and oxygen atoms in total. The molecule has 1 N–H and O–H groups in total. The lowest BCUT2D eigenvalue weighted by atomic mass is 10.1. The van der Waals surface area contributed by atoms with E-state index in [2.05, 4.69) is 10.2 Å². The normalized spacial score (nSPS) is 19.6. The predicted octanol–water partition coefficient (Wildman–Crippen LogP) is 1.89. The second-order valence-corrected chi connectivity index (χ2v) is 7.65. The van der Waals surface area contributed by atoms with Crippen molar-refractivity contribution in [2.45, 2.75) is 38.2 Å². The van der Waals surface area contributed by atoms with Crippen LogP contribution in [0.4, 0.5) is 5.82 Å². The largest absolute Gasteiger partial charge is 0.376 e. The van der Waals surface area contributed by atoms with Crippen molar-refractivity contribution in [2.24, 2.45) is 0 Å². The fourth-order valence-corrected chi connectivity index (χ4v) is 3.96. The van der Waals surface area contributed by atoms with Gasteiger partial charge in [0.05, 0.1) is 11.7 Å². The van der Waals surface area contributed by atoms with E-state index in [4.69, 9.17) is 9.72 Å². The Hall–Kier alpha value is -3.18. The van der Waals surface area contributed by atoms with Gasteiger partial charge in [-0.25, -0.2) is 4.98 Å². The minimum Gasteiger partial charge on any atom is -0.376 e. The van der Waals surface area contributed by atoms with Gasteiger partial charge in [-0.05, 0) is 50.3 Å². The van der Waals surface area contributed by atoms with Crippen molar-refractivity contribution in [3.05, 3.63) is 45.9 Å². The van der Waals surface area contributed by atoms with Crippen LogP contribution in [-0.4, -0.2) is 47.6 Å². The number of nitriles is 1. The summed E-state index contributed by atoms with van der Waals surface area (Å²) in [4.78, 5) is 32.6. The zero-order valence-corrected chi connectivity index (χ0v) is 16.8. The van der Waals surface area contributed by atoms with Crippen LogP contribution in [0.2, 0.25) is 0 Å². The highest BCUT2D eigenvalue weighted by molar-refractivity contribution is 6.02. The van der Waals surface area contributed by atoms with Gasteiger partial charge >= 0.3 is 0 Å². The Morgan fingerprint density at radius 1 is 1.30 bits per heavy atom. The summed E-state index contributed by atoms with van der Waals surface area (Å²) >= 11 is 0. The Labute approximate surface area is 174 Å². The summed E-state index contributed by atoms with van der Waals surface area (Å²) < 4.78 is 6.96. The number of nitrogens with one attached hydrogen (secondary N) is 1. The molecule has 2 aromatic rings. The second-order valence-electron chi connectivity index (χ2n) is 7.65. The molecular formula is C22H25N5O3. The lowest BCUT2D eigenvalue weighted by Gasteiger charge is -2.29. The highest BCUT2D eigenvalue weighted by atomic mass is 16.5. The van der Waals surface area contributed by atoms with Gasteiger partial charge in [0.15, 0.2) is 0 Å². The Morgan fingerprint density at radius 3 is 2.87 bits per heavy atom. The van der Waals surface area contributed by atoms with Gasteiger partial charge in [-0.2, -0.15) is 5.26 Å². The van der Waals surface area contributed by atoms with Gasteiger partial charge in [0.2, 0.25) is 0 Å². The van der Waals surface area contributed by atoms with Crippen LogP contribution in [0.25, 0.3) is 11.7 Å². The number of fused-ring (bicyclic) bond motifs is 1. The van der Waals surface area contributed by atoms with E-state index < -0.39 is 5.91 Å². The molecule has 4 heterocycles. The summed E-state index contributed by atoms with van der Waals surface area (Å²) in [6.07, 6.45) is 8.04. The van der Waals surface area contributed by atoms with Gasteiger partial charge in [0, 0.05) is 32.4 Å². The summed E-state index contributed by atoms with van der Waals surface area (Å²) in [5.41, 5.74) is 0.410. The molecule has 0 bridgehead atoms. The number of ether oxygens (including phenoxy) is 1. The van der Waals surface area contributed by atoms with Crippen LogP contribution in [0.15, 0.2) is 34.8 Å². The van der Waals surface area contributed by atoms with Crippen LogP contribution >= 0.6 is 0 Å². The van der Waals surface area contributed by atoms with Gasteiger partial charge < -0.3 is 15.0 Å². The maximum Gasteiger partial charge on any atom is 0.267 e. The third-order valence-electron chi connectivity index (χ3n) is 5.57. The molecule has 156 valence electrons. The number of carbonyl (C=O) groups is 1. The zero-order chi connectivity index (χ0) is 20.9. The minimum atomic E-state index is -0.504. The Balaban J connectivity index is 1.71. The number of rotatable bonds is 5. The third-order valence-corrected chi connectivity index (χ3v) is 5.57. The first-order valence-corrected chi connectivity index (χ1v) is 10.5. The summed E-state index contributed by atoms with van der Waals surface area (Å²) in [7, 11) is 0. The Morgan fingerprint density at radius 2 is 2.13 bits per heavy atom. The lowest BCUT2D eigenvalue weighted by Crippen LogP contribution is -2.34. The number of carbonyl (C=O) groups excluding carboxylic acids is 1. The first-order chi connectivity index (χ1) is 14.7. The average molecular weight is 407 g/mol. The number of piperidine rings is 1. The highest BCUT2D eigenvalue weighted by Crippen LogP contribution is 2.23. The van der Waals surface area contributed by atoms with Crippen molar-refractivity contribution in [1.82, 2.24) is 14.7 Å². The monoisotopic (exact) mass is 407 g/mol. The Bertz CT molecular complexity index is 1060. The molecule has 0 aromatic carbocycles. The van der Waals surface area contributed by atoms with E-state index in [1.165, 1.54) is 10.5 Å². The summed E-state index contributed by atoms with van der Waals surface area (Å²) in [6, 6.07) is 7.31. The number of nitrogens with zero attached hydrogens (tertiary/aromatic N) is 4. The van der Waals surface area contributed by atoms with Crippen LogP contribution in [-0.2, 0) is 9.53 Å². The quantitative estimate of drug-likeness (QED) is 0.600. The summed E-state index contributed by atoms with van der Waals surface area (Å²) in [5, 5.41) is 12.4. The highest BCUT2D eigenvalue weighted by Gasteiger charge is 2.22. The number of hydrogen-bond donors (Lipinski definition) is 1. The van der Waals surface area contributed by atoms with Gasteiger partial charge in [-0.1, -0.05) is 6.07 Å². The van der Waals surface area contributed by atoms with E-state index in [9.17, 15) is 14.9 Å². The van der Waals surface area contributed by atoms with E-state index in [1.54, 1.807) is 18.3 Å². The fourth-order valence-electron chi connectivity index (χ4n) is 3.96. The first-order valence-electron chi connectivity index (χ1n) is 10.5. The second kappa shape index (κ2) is 9.09. The van der Waals surface area contributed by atoms with Crippen molar-refractivity contribution in [3.8, 4) is 6.07 Å². The smallest absolute Gasteiger partial charge is 0.267 e. The van der Waals surface area contributed by atoms with E-state index >= 15 is 0 Å². The topological polar surface area (TPSA) is 99.7 Å². The molecule has 2 saturated heterocycles. The van der Waals surface area contributed by atoms with Crippen LogP contribution in [0.5, 0.6) is 0 Å². The first kappa shape index (κ1) is 20.1. The summed E-state index contributed by atoms with van der Waals surface area (Å²) in [6.45, 7) is 2.64. The van der Waals surface area contributed by atoms with Gasteiger partial charge in [-0.3, -0.25) is 14.0 Å². The van der Waals surface area contributed by atoms with Crippen LogP contribution < -0.4 is 15.8 Å². The SMILES string of the molecule is N#C/C(=C/c1c(N2CCCCC2)nc2ccccn2c1=O)C(=O)NC[C@H]1CCCO1. The molecule has 0 unspecified atom stereocenters. The Kier molecular flexibility index (Phi) is 6.10. The van der Waals surface area contributed by atoms with Crippen molar-refractivity contribution in [1.29, 1.82) is 5.26 Å². The number of pyridine rings is 1. The molecule has 0 spiro atoms. The number of hydrogen-bond acceptors (Lipinski definition) is 6. The molecule has 2 fully saturated rings. The molecular weight excluding hydrogens is 382 g/mol. The van der Waals surface area contributed by atoms with E-state index in [0.717, 1.165) is 45.2 Å². The predicted molar refractivity (Wildman–Crippen MR) is 113 cm³/mol. The van der Waals surface area contributed by atoms with E-state index in [1.807, 2.05) is 12.1 Å². The molecule has 1 atom stereocenters. The van der Waals surface area contributed by atoms with E-state index in [0.29, 0.717) is 24.6 Å². The molecule has 1 amide bonds. The standard InChI is InChI=1S/C22H25N5O3/c23-14-16(21(28)24-15-17-7-6-12-30-17)13-18-20(26-9-3-1-4-10-26)25-19-8-2-5-11-27(19)22(18)29/h2,5,8,11,13,17H,1,3-4,6-7,9-10,12,15H2,(H,24,28)/b16-13-/t17-/m1/s1. The molecule has 8 heteroatoms. The van der Waals surface area contributed by atoms with Crippen LogP contribution in [0, 0.1) is 11.3 Å². The number of amides is 1. The third kappa shape index (κ3) is 4.21. The molecule has 0 saturated carbocycles. The maximum atomic E-state index is 13.2. The fraction of sp³-hybridized carbons (Fsp3) is 0.455. The molecule has 0 radical (unpaired) electrons. The number of anilines is 1. The van der Waals surface area contributed by atoms with Crippen molar-refractivity contribution in [2.75, 3.05) is 31.1 Å². The zero-order valence-electron chi connectivity index (χ0n) is 16.8.